The molecule has 1 saturated heterocycles. The van der Waals surface area contributed by atoms with Crippen LogP contribution >= 0.6 is 11.6 Å². The van der Waals surface area contributed by atoms with E-state index in [9.17, 15) is 0 Å². The van der Waals surface area contributed by atoms with Gasteiger partial charge in [-0.05, 0) is 25.5 Å². The van der Waals surface area contributed by atoms with Gasteiger partial charge in [-0.2, -0.15) is 0 Å². The van der Waals surface area contributed by atoms with Crippen molar-refractivity contribution in [1.82, 2.24) is 14.6 Å². The van der Waals surface area contributed by atoms with Crippen molar-refractivity contribution in [3.05, 3.63) is 23.7 Å². The molecule has 2 aromatic heterocycles. The fourth-order valence-corrected chi connectivity index (χ4v) is 2.53. The summed E-state index contributed by atoms with van der Waals surface area (Å²) in [6.07, 6.45) is 1.82. The number of fused-ring (bicyclic) bond motifs is 1. The number of imidazole rings is 1. The maximum Gasteiger partial charge on any atom is 0.179 e. The molecule has 1 fully saturated rings. The summed E-state index contributed by atoms with van der Waals surface area (Å²) in [7, 11) is 0. The predicted molar refractivity (Wildman–Crippen MR) is 75.3 cm³/mol. The number of hydrogen-bond donors (Lipinski definition) is 0. The maximum absolute atomic E-state index is 6.28. The molecule has 2 aromatic rings. The van der Waals surface area contributed by atoms with Crippen molar-refractivity contribution in [1.29, 1.82) is 0 Å². The largest absolute Gasteiger partial charge is 0.378 e. The molecule has 102 valence electrons. The molecule has 1 atom stereocenters. The number of ether oxygens (including phenoxy) is 1. The summed E-state index contributed by atoms with van der Waals surface area (Å²) in [6, 6.07) is 1.97. The molecule has 0 aliphatic carbocycles. The molecule has 3 heterocycles. The van der Waals surface area contributed by atoms with E-state index in [0.717, 1.165) is 48.9 Å². The van der Waals surface area contributed by atoms with Gasteiger partial charge in [-0.1, -0.05) is 0 Å². The van der Waals surface area contributed by atoms with Gasteiger partial charge in [0.15, 0.2) is 5.65 Å². The molecule has 1 aliphatic rings. The van der Waals surface area contributed by atoms with Crippen molar-refractivity contribution in [2.75, 3.05) is 31.3 Å². The summed E-state index contributed by atoms with van der Waals surface area (Å²) in [4.78, 5) is 9.15. The average Bonchev–Trinajstić information content (AvgIpc) is 2.81. The number of hydrogen-bond acceptors (Lipinski definition) is 4. The van der Waals surface area contributed by atoms with Crippen molar-refractivity contribution in [3.8, 4) is 0 Å². The Morgan fingerprint density at radius 1 is 1.37 bits per heavy atom. The lowest BCUT2D eigenvalue weighted by Crippen LogP contribution is -2.44. The highest BCUT2D eigenvalue weighted by Gasteiger charge is 2.22. The molecule has 6 heteroatoms. The van der Waals surface area contributed by atoms with E-state index in [2.05, 4.69) is 19.7 Å². The second-order valence-corrected chi connectivity index (χ2v) is 5.42. The number of morpholine rings is 1. The summed E-state index contributed by atoms with van der Waals surface area (Å²) in [6.45, 7) is 7.09. The van der Waals surface area contributed by atoms with E-state index in [4.69, 9.17) is 16.3 Å². The molecule has 0 aromatic carbocycles. The van der Waals surface area contributed by atoms with Crippen molar-refractivity contribution < 1.29 is 4.74 Å². The monoisotopic (exact) mass is 280 g/mol. The SMILES string of the molecule is Cc1ccnc2c1nc(C(C)Cl)n2N1CCOCC1. The number of rotatable bonds is 2. The number of aryl methyl sites for hydroxylation is 1. The molecular weight excluding hydrogens is 264 g/mol. The number of aromatic nitrogens is 3. The molecular formula is C13H17ClN4O. The molecule has 0 bridgehead atoms. The Labute approximate surface area is 117 Å². The minimum absolute atomic E-state index is 0.156. The molecule has 1 aliphatic heterocycles. The molecule has 0 saturated carbocycles. The van der Waals surface area contributed by atoms with Gasteiger partial charge in [-0.25, -0.2) is 14.6 Å². The third kappa shape index (κ3) is 2.17. The van der Waals surface area contributed by atoms with Gasteiger partial charge in [0.05, 0.1) is 31.7 Å². The van der Waals surface area contributed by atoms with E-state index in [-0.39, 0.29) is 5.38 Å². The lowest BCUT2D eigenvalue weighted by atomic mass is 10.3. The van der Waals surface area contributed by atoms with E-state index in [1.54, 1.807) is 0 Å². The lowest BCUT2D eigenvalue weighted by molar-refractivity contribution is 0.111. The molecule has 0 amide bonds. The topological polar surface area (TPSA) is 43.2 Å². The van der Waals surface area contributed by atoms with Crippen molar-refractivity contribution in [2.24, 2.45) is 0 Å². The molecule has 0 radical (unpaired) electrons. The molecule has 3 rings (SSSR count). The Hall–Kier alpha value is -1.33. The highest BCUT2D eigenvalue weighted by molar-refractivity contribution is 6.20. The first kappa shape index (κ1) is 12.7. The zero-order valence-electron chi connectivity index (χ0n) is 11.1. The van der Waals surface area contributed by atoms with Crippen molar-refractivity contribution >= 4 is 22.8 Å². The molecule has 1 unspecified atom stereocenters. The third-order valence-corrected chi connectivity index (χ3v) is 3.57. The van der Waals surface area contributed by atoms with Gasteiger partial charge in [0.2, 0.25) is 0 Å². The minimum Gasteiger partial charge on any atom is -0.378 e. The Morgan fingerprint density at radius 3 is 2.79 bits per heavy atom. The van der Waals surface area contributed by atoms with Crippen LogP contribution in [0.4, 0.5) is 0 Å². The Morgan fingerprint density at radius 2 is 2.11 bits per heavy atom. The molecule has 0 spiro atoms. The zero-order chi connectivity index (χ0) is 13.4. The van der Waals surface area contributed by atoms with Crippen LogP contribution in [0.15, 0.2) is 12.3 Å². The van der Waals surface area contributed by atoms with Crippen LogP contribution < -0.4 is 5.01 Å². The second-order valence-electron chi connectivity index (χ2n) is 4.76. The van der Waals surface area contributed by atoms with Crippen LogP contribution in [0.3, 0.4) is 0 Å². The molecule has 5 nitrogen and oxygen atoms in total. The van der Waals surface area contributed by atoms with Gasteiger partial charge in [0.1, 0.15) is 11.3 Å². The minimum atomic E-state index is -0.156. The summed E-state index contributed by atoms with van der Waals surface area (Å²) < 4.78 is 7.46. The Bertz CT molecular complexity index is 590. The van der Waals surface area contributed by atoms with Gasteiger partial charge in [0.25, 0.3) is 0 Å². The summed E-state index contributed by atoms with van der Waals surface area (Å²) in [5, 5.41) is 2.05. The lowest BCUT2D eigenvalue weighted by Gasteiger charge is -2.31. The zero-order valence-corrected chi connectivity index (χ0v) is 11.9. The van der Waals surface area contributed by atoms with Crippen LogP contribution in [0.5, 0.6) is 0 Å². The number of nitrogens with zero attached hydrogens (tertiary/aromatic N) is 4. The normalized spacial score (nSPS) is 17.9. The van der Waals surface area contributed by atoms with Crippen LogP contribution in [0, 0.1) is 6.92 Å². The highest BCUT2D eigenvalue weighted by Crippen LogP contribution is 2.25. The van der Waals surface area contributed by atoms with Gasteiger partial charge in [-0.3, -0.25) is 0 Å². The predicted octanol–water partition coefficient (Wildman–Crippen LogP) is 2.01. The van der Waals surface area contributed by atoms with Gasteiger partial charge in [-0.15, -0.1) is 11.6 Å². The van der Waals surface area contributed by atoms with Crippen LogP contribution in [-0.2, 0) is 4.74 Å². The van der Waals surface area contributed by atoms with Crippen molar-refractivity contribution in [2.45, 2.75) is 19.2 Å². The maximum atomic E-state index is 6.28. The fourth-order valence-electron chi connectivity index (χ4n) is 2.39. The van der Waals surface area contributed by atoms with E-state index in [1.807, 2.05) is 26.1 Å². The molecule has 19 heavy (non-hydrogen) atoms. The quantitative estimate of drug-likeness (QED) is 0.790. The van der Waals surface area contributed by atoms with Gasteiger partial charge in [0, 0.05) is 6.20 Å². The van der Waals surface area contributed by atoms with Crippen molar-refractivity contribution in [3.63, 3.8) is 0 Å². The van der Waals surface area contributed by atoms with Crippen LogP contribution in [0.25, 0.3) is 11.2 Å². The van der Waals surface area contributed by atoms with Crippen LogP contribution in [0.2, 0.25) is 0 Å². The summed E-state index contributed by atoms with van der Waals surface area (Å²) in [5.74, 6) is 0.848. The first-order chi connectivity index (χ1) is 9.18. The van der Waals surface area contributed by atoms with Crippen LogP contribution in [-0.4, -0.2) is 40.9 Å². The summed E-state index contributed by atoms with van der Waals surface area (Å²) in [5.41, 5.74) is 2.93. The Balaban J connectivity index is 2.18. The van der Waals surface area contributed by atoms with E-state index in [0.29, 0.717) is 0 Å². The standard InChI is InChI=1S/C13H17ClN4O/c1-9-3-4-15-13-11(9)16-12(10(2)14)18(13)17-5-7-19-8-6-17/h3-4,10H,5-8H2,1-2H3. The highest BCUT2D eigenvalue weighted by atomic mass is 35.5. The summed E-state index contributed by atoms with van der Waals surface area (Å²) >= 11 is 6.28. The first-order valence-electron chi connectivity index (χ1n) is 6.49. The van der Waals surface area contributed by atoms with E-state index in [1.165, 1.54) is 0 Å². The van der Waals surface area contributed by atoms with Crippen LogP contribution in [0.1, 0.15) is 23.7 Å². The fraction of sp³-hybridized carbons (Fsp3) is 0.538. The smallest absolute Gasteiger partial charge is 0.179 e. The number of pyridine rings is 1. The van der Waals surface area contributed by atoms with E-state index >= 15 is 0 Å². The second kappa shape index (κ2) is 4.98. The first-order valence-corrected chi connectivity index (χ1v) is 6.93. The average molecular weight is 281 g/mol. The van der Waals surface area contributed by atoms with Gasteiger partial charge < -0.3 is 9.75 Å². The number of halogens is 1. The molecule has 0 N–H and O–H groups in total. The number of alkyl halides is 1. The van der Waals surface area contributed by atoms with Gasteiger partial charge >= 0.3 is 0 Å². The Kier molecular flexibility index (Phi) is 3.33. The van der Waals surface area contributed by atoms with E-state index < -0.39 is 0 Å². The third-order valence-electron chi connectivity index (χ3n) is 3.38.